The van der Waals surface area contributed by atoms with E-state index >= 15 is 0 Å². The summed E-state index contributed by atoms with van der Waals surface area (Å²) in [4.78, 5) is 72.2. The summed E-state index contributed by atoms with van der Waals surface area (Å²) in [6, 6.07) is 3.22. The van der Waals surface area contributed by atoms with Crippen molar-refractivity contribution >= 4 is 47.3 Å². The molecule has 0 aliphatic heterocycles. The first-order valence-electron chi connectivity index (χ1n) is 11.4. The first-order valence-corrected chi connectivity index (χ1v) is 12.8. The maximum Gasteiger partial charge on any atom is 0.326 e. The third-order valence-corrected chi connectivity index (χ3v) is 5.84. The second-order valence-electron chi connectivity index (χ2n) is 8.20. The molecule has 0 bridgehead atoms. The van der Waals surface area contributed by atoms with Gasteiger partial charge in [0.25, 0.3) is 0 Å². The minimum Gasteiger partial charge on any atom is -0.481 e. The average Bonchev–Trinajstić information content (AvgIpc) is 2.84. The van der Waals surface area contributed by atoms with Crippen LogP contribution in [0.5, 0.6) is 0 Å². The number of carbonyl (C=O) groups is 6. The molecule has 9 N–H and O–H groups in total. The third-order valence-electron chi connectivity index (χ3n) is 5.19. The lowest BCUT2D eigenvalue weighted by Crippen LogP contribution is -2.57. The Balaban J connectivity index is 2.97. The van der Waals surface area contributed by atoms with E-state index in [1.165, 1.54) is 11.8 Å². The lowest BCUT2D eigenvalue weighted by molar-refractivity contribution is -0.143. The first-order chi connectivity index (χ1) is 17.4. The van der Waals surface area contributed by atoms with E-state index in [4.69, 9.17) is 11.5 Å². The van der Waals surface area contributed by atoms with E-state index < -0.39 is 66.2 Å². The van der Waals surface area contributed by atoms with Gasteiger partial charge in [0, 0.05) is 12.8 Å². The monoisotopic (exact) mass is 539 g/mol. The van der Waals surface area contributed by atoms with Crippen LogP contribution in [0.25, 0.3) is 0 Å². The van der Waals surface area contributed by atoms with E-state index in [0.717, 1.165) is 0 Å². The summed E-state index contributed by atoms with van der Waals surface area (Å²) < 4.78 is 0. The summed E-state index contributed by atoms with van der Waals surface area (Å²) in [6.45, 7) is 0. The predicted octanol–water partition coefficient (Wildman–Crippen LogP) is -1.41. The molecule has 0 saturated heterocycles. The summed E-state index contributed by atoms with van der Waals surface area (Å²) in [5.74, 6) is -5.54. The Morgan fingerprint density at radius 3 is 1.97 bits per heavy atom. The van der Waals surface area contributed by atoms with Crippen LogP contribution in [-0.4, -0.2) is 82.0 Å². The smallest absolute Gasteiger partial charge is 0.326 e. The fourth-order valence-corrected chi connectivity index (χ4v) is 3.66. The number of primary amides is 1. The summed E-state index contributed by atoms with van der Waals surface area (Å²) in [5, 5.41) is 25.8. The van der Waals surface area contributed by atoms with E-state index in [1.807, 2.05) is 0 Å². The standard InChI is InChI=1S/C23H33N5O8S/c1-37-10-9-15(26-20(32)14(24)7-8-18(25)29)21(33)27-16(12-19(30)31)22(34)28-17(23(35)36)11-13-5-3-2-4-6-13/h2-6,14-17H,7-12,24H2,1H3,(H2,25,29)(H,26,32)(H,27,33)(H,28,34)(H,30,31)(H,35,36). The highest BCUT2D eigenvalue weighted by molar-refractivity contribution is 7.98. The normalized spacial score (nSPS) is 13.9. The fourth-order valence-electron chi connectivity index (χ4n) is 3.19. The number of thioether (sulfide) groups is 1. The number of aliphatic carboxylic acids is 2. The number of nitrogens with two attached hydrogens (primary N) is 2. The lowest BCUT2D eigenvalue weighted by Gasteiger charge is -2.24. The molecule has 0 aromatic heterocycles. The molecule has 37 heavy (non-hydrogen) atoms. The molecule has 1 rings (SSSR count). The molecule has 0 aliphatic rings. The Morgan fingerprint density at radius 1 is 0.865 bits per heavy atom. The van der Waals surface area contributed by atoms with Crippen molar-refractivity contribution in [3.8, 4) is 0 Å². The molecule has 4 atom stereocenters. The number of amides is 4. The maximum absolute atomic E-state index is 12.9. The fraction of sp³-hybridized carbons (Fsp3) is 0.478. The van der Waals surface area contributed by atoms with Gasteiger partial charge in [0.1, 0.15) is 18.1 Å². The second-order valence-corrected chi connectivity index (χ2v) is 9.19. The van der Waals surface area contributed by atoms with Crippen molar-refractivity contribution in [1.82, 2.24) is 16.0 Å². The largest absolute Gasteiger partial charge is 0.481 e. The van der Waals surface area contributed by atoms with Crippen LogP contribution in [0.1, 0.15) is 31.2 Å². The Kier molecular flexibility index (Phi) is 13.7. The molecule has 0 saturated carbocycles. The van der Waals surface area contributed by atoms with Crippen LogP contribution in [0.15, 0.2) is 30.3 Å². The Hall–Kier alpha value is -3.65. The number of rotatable bonds is 17. The van der Waals surface area contributed by atoms with Gasteiger partial charge in [-0.25, -0.2) is 4.79 Å². The molecule has 4 unspecified atom stereocenters. The highest BCUT2D eigenvalue weighted by Gasteiger charge is 2.31. The maximum atomic E-state index is 12.9. The summed E-state index contributed by atoms with van der Waals surface area (Å²) in [6.07, 6.45) is 0.843. The molecule has 1 aromatic carbocycles. The number of carboxylic acids is 2. The molecule has 0 heterocycles. The van der Waals surface area contributed by atoms with Gasteiger partial charge in [0.2, 0.25) is 23.6 Å². The van der Waals surface area contributed by atoms with E-state index in [1.54, 1.807) is 36.6 Å². The summed E-state index contributed by atoms with van der Waals surface area (Å²) in [7, 11) is 0. The van der Waals surface area contributed by atoms with E-state index in [0.29, 0.717) is 11.3 Å². The van der Waals surface area contributed by atoms with Gasteiger partial charge in [-0.1, -0.05) is 30.3 Å². The van der Waals surface area contributed by atoms with E-state index in [9.17, 15) is 39.0 Å². The van der Waals surface area contributed by atoms with Crippen molar-refractivity contribution in [2.75, 3.05) is 12.0 Å². The minimum atomic E-state index is -1.61. The zero-order valence-electron chi connectivity index (χ0n) is 20.3. The van der Waals surface area contributed by atoms with Crippen molar-refractivity contribution in [1.29, 1.82) is 0 Å². The molecule has 0 spiro atoms. The van der Waals surface area contributed by atoms with Gasteiger partial charge in [0.15, 0.2) is 0 Å². The number of hydrogen-bond acceptors (Lipinski definition) is 8. The number of nitrogens with one attached hydrogen (secondary N) is 3. The van der Waals surface area contributed by atoms with Crippen LogP contribution in [-0.2, 0) is 35.2 Å². The van der Waals surface area contributed by atoms with Crippen molar-refractivity contribution in [3.63, 3.8) is 0 Å². The number of carbonyl (C=O) groups excluding carboxylic acids is 4. The molecule has 0 aliphatic carbocycles. The predicted molar refractivity (Wildman–Crippen MR) is 135 cm³/mol. The number of hydrogen-bond donors (Lipinski definition) is 7. The molecule has 0 fully saturated rings. The van der Waals surface area contributed by atoms with Gasteiger partial charge >= 0.3 is 11.9 Å². The highest BCUT2D eigenvalue weighted by atomic mass is 32.2. The van der Waals surface area contributed by atoms with E-state index in [-0.39, 0.29) is 25.7 Å². The lowest BCUT2D eigenvalue weighted by atomic mass is 10.0. The quantitative estimate of drug-likeness (QED) is 0.122. The van der Waals surface area contributed by atoms with Crippen LogP contribution in [0.4, 0.5) is 0 Å². The molecule has 0 radical (unpaired) electrons. The number of carboxylic acid groups (broad SMARTS) is 2. The zero-order valence-corrected chi connectivity index (χ0v) is 21.2. The topological polar surface area (TPSA) is 231 Å². The first kappa shape index (κ1) is 31.4. The molecule has 14 heteroatoms. The summed E-state index contributed by atoms with van der Waals surface area (Å²) >= 11 is 1.38. The number of benzene rings is 1. The van der Waals surface area contributed by atoms with Gasteiger partial charge in [-0.3, -0.25) is 24.0 Å². The average molecular weight is 540 g/mol. The van der Waals surface area contributed by atoms with Crippen LogP contribution >= 0.6 is 11.8 Å². The van der Waals surface area contributed by atoms with Gasteiger partial charge in [-0.15, -0.1) is 0 Å². The zero-order chi connectivity index (χ0) is 28.0. The molecule has 13 nitrogen and oxygen atoms in total. The van der Waals surface area contributed by atoms with Crippen molar-refractivity contribution in [2.24, 2.45) is 11.5 Å². The van der Waals surface area contributed by atoms with Crippen LogP contribution in [0.3, 0.4) is 0 Å². The molecular weight excluding hydrogens is 506 g/mol. The Morgan fingerprint density at radius 2 is 1.43 bits per heavy atom. The van der Waals surface area contributed by atoms with Gasteiger partial charge in [0.05, 0.1) is 12.5 Å². The van der Waals surface area contributed by atoms with Crippen LogP contribution in [0, 0.1) is 0 Å². The van der Waals surface area contributed by atoms with Crippen molar-refractivity contribution in [3.05, 3.63) is 35.9 Å². The summed E-state index contributed by atoms with van der Waals surface area (Å²) in [5.41, 5.74) is 11.4. The van der Waals surface area contributed by atoms with Crippen LogP contribution < -0.4 is 27.4 Å². The Labute approximate surface area is 218 Å². The molecule has 1 aromatic rings. The van der Waals surface area contributed by atoms with Gasteiger partial charge < -0.3 is 37.6 Å². The van der Waals surface area contributed by atoms with Gasteiger partial charge in [-0.2, -0.15) is 11.8 Å². The molecule has 204 valence electrons. The van der Waals surface area contributed by atoms with Gasteiger partial charge in [-0.05, 0) is 30.4 Å². The van der Waals surface area contributed by atoms with Crippen molar-refractivity contribution < 1.29 is 39.0 Å². The second kappa shape index (κ2) is 16.2. The molecular formula is C23H33N5O8S. The minimum absolute atomic E-state index is 0.0416. The van der Waals surface area contributed by atoms with Crippen LogP contribution in [0.2, 0.25) is 0 Å². The molecule has 4 amide bonds. The Bertz CT molecular complexity index is 962. The van der Waals surface area contributed by atoms with Crippen molar-refractivity contribution in [2.45, 2.75) is 56.3 Å². The van der Waals surface area contributed by atoms with E-state index in [2.05, 4.69) is 16.0 Å². The third kappa shape index (κ3) is 12.2. The highest BCUT2D eigenvalue weighted by Crippen LogP contribution is 2.07. The SMILES string of the molecule is CSCCC(NC(=O)C(N)CCC(N)=O)C(=O)NC(CC(=O)O)C(=O)NC(Cc1ccccc1)C(=O)O.